The molecule has 19 heavy (non-hydrogen) atoms. The van der Waals surface area contributed by atoms with Gasteiger partial charge in [-0.15, -0.1) is 0 Å². The van der Waals surface area contributed by atoms with E-state index in [1.54, 1.807) is 17.0 Å². The minimum absolute atomic E-state index is 0.0729. The van der Waals surface area contributed by atoms with Crippen LogP contribution in [0.4, 0.5) is 0 Å². The van der Waals surface area contributed by atoms with Crippen LogP contribution < -0.4 is 0 Å². The summed E-state index contributed by atoms with van der Waals surface area (Å²) >= 11 is 2.18. The van der Waals surface area contributed by atoms with Gasteiger partial charge in [0.1, 0.15) is 0 Å². The molecule has 0 radical (unpaired) electrons. The molecule has 0 bridgehead atoms. The molecule has 1 atom stereocenters. The van der Waals surface area contributed by atoms with Crippen LogP contribution in [0.15, 0.2) is 24.3 Å². The highest BCUT2D eigenvalue weighted by Gasteiger charge is 2.26. The molecule has 2 rings (SSSR count). The second kappa shape index (κ2) is 6.33. The Bertz CT molecular complexity index is 474. The number of nitrogens with zero attached hydrogens (tertiary/aromatic N) is 1. The quantitative estimate of drug-likeness (QED) is 0.816. The minimum Gasteiger partial charge on any atom is -0.481 e. The number of morpholine rings is 1. The number of hydrogen-bond donors (Lipinski definition) is 1. The third-order valence-electron chi connectivity index (χ3n) is 2.92. The third-order valence-corrected chi connectivity index (χ3v) is 3.64. The summed E-state index contributed by atoms with van der Waals surface area (Å²) in [7, 11) is 0. The van der Waals surface area contributed by atoms with E-state index in [2.05, 4.69) is 22.6 Å². The molecule has 0 saturated carbocycles. The van der Waals surface area contributed by atoms with Gasteiger partial charge in [-0.1, -0.05) is 0 Å². The molecule has 5 nitrogen and oxygen atoms in total. The van der Waals surface area contributed by atoms with Crippen molar-refractivity contribution in [3.63, 3.8) is 0 Å². The van der Waals surface area contributed by atoms with Crippen LogP contribution in [-0.2, 0) is 9.53 Å². The molecule has 6 heteroatoms. The van der Waals surface area contributed by atoms with E-state index in [1.807, 2.05) is 12.1 Å². The molecule has 1 aliphatic heterocycles. The van der Waals surface area contributed by atoms with E-state index in [1.165, 1.54) is 0 Å². The smallest absolute Gasteiger partial charge is 0.306 e. The number of carbonyl (C=O) groups excluding carboxylic acids is 1. The van der Waals surface area contributed by atoms with Crippen molar-refractivity contribution < 1.29 is 19.4 Å². The van der Waals surface area contributed by atoms with Crippen LogP contribution in [0, 0.1) is 3.57 Å². The summed E-state index contributed by atoms with van der Waals surface area (Å²) in [6.45, 7) is 1.21. The second-order valence-electron chi connectivity index (χ2n) is 4.35. The zero-order valence-electron chi connectivity index (χ0n) is 10.2. The lowest BCUT2D eigenvalue weighted by molar-refractivity contribution is -0.141. The van der Waals surface area contributed by atoms with Gasteiger partial charge in [0.25, 0.3) is 5.91 Å². The monoisotopic (exact) mass is 375 g/mol. The predicted octanol–water partition coefficient (Wildman–Crippen LogP) is 1.61. The fourth-order valence-corrected chi connectivity index (χ4v) is 2.36. The van der Waals surface area contributed by atoms with Crippen molar-refractivity contribution in [1.82, 2.24) is 4.90 Å². The first kappa shape index (κ1) is 14.3. The molecule has 1 aliphatic rings. The molecule has 102 valence electrons. The number of aliphatic carboxylic acids is 1. The lowest BCUT2D eigenvalue weighted by atomic mass is 10.1. The average Bonchev–Trinajstić information content (AvgIpc) is 2.38. The fraction of sp³-hybridized carbons (Fsp3) is 0.385. The minimum atomic E-state index is -0.909. The Kier molecular flexibility index (Phi) is 4.76. The third kappa shape index (κ3) is 3.90. The van der Waals surface area contributed by atoms with Crippen molar-refractivity contribution in [1.29, 1.82) is 0 Å². The number of hydrogen-bond acceptors (Lipinski definition) is 3. The Morgan fingerprint density at radius 2 is 2.05 bits per heavy atom. The summed E-state index contributed by atoms with van der Waals surface area (Å²) in [6.07, 6.45) is -0.490. The number of carboxylic acids is 1. The van der Waals surface area contributed by atoms with E-state index in [4.69, 9.17) is 9.84 Å². The SMILES string of the molecule is O=C(O)CC1CN(C(=O)c2ccc(I)cc2)CCO1. The number of benzene rings is 1. The van der Waals surface area contributed by atoms with Crippen molar-refractivity contribution in [3.8, 4) is 0 Å². The van der Waals surface area contributed by atoms with Crippen LogP contribution in [0.1, 0.15) is 16.8 Å². The van der Waals surface area contributed by atoms with Gasteiger partial charge < -0.3 is 14.7 Å². The highest BCUT2D eigenvalue weighted by molar-refractivity contribution is 14.1. The van der Waals surface area contributed by atoms with Gasteiger partial charge in [0.05, 0.1) is 19.1 Å². The zero-order valence-corrected chi connectivity index (χ0v) is 12.4. The summed E-state index contributed by atoms with van der Waals surface area (Å²) in [5.74, 6) is -0.983. The molecule has 1 N–H and O–H groups in total. The molecule has 1 aromatic rings. The molecule has 0 aromatic heterocycles. The summed E-state index contributed by atoms with van der Waals surface area (Å²) < 4.78 is 6.42. The maximum atomic E-state index is 12.3. The Morgan fingerprint density at radius 1 is 1.37 bits per heavy atom. The van der Waals surface area contributed by atoms with Crippen LogP contribution >= 0.6 is 22.6 Å². The lowest BCUT2D eigenvalue weighted by Crippen LogP contribution is -2.46. The second-order valence-corrected chi connectivity index (χ2v) is 5.59. The molecular formula is C13H14INO4. The first-order chi connectivity index (χ1) is 9.06. The van der Waals surface area contributed by atoms with Crippen molar-refractivity contribution in [2.45, 2.75) is 12.5 Å². The van der Waals surface area contributed by atoms with Gasteiger partial charge in [-0.25, -0.2) is 0 Å². The van der Waals surface area contributed by atoms with Crippen molar-refractivity contribution >= 4 is 34.5 Å². The van der Waals surface area contributed by atoms with Crippen LogP contribution in [0.5, 0.6) is 0 Å². The molecule has 1 fully saturated rings. The number of amides is 1. The predicted molar refractivity (Wildman–Crippen MR) is 77.1 cm³/mol. The van der Waals surface area contributed by atoms with E-state index in [0.29, 0.717) is 25.3 Å². The van der Waals surface area contributed by atoms with E-state index < -0.39 is 12.1 Å². The van der Waals surface area contributed by atoms with E-state index in [0.717, 1.165) is 3.57 Å². The lowest BCUT2D eigenvalue weighted by Gasteiger charge is -2.32. The Labute approximate surface area is 124 Å². The average molecular weight is 375 g/mol. The van der Waals surface area contributed by atoms with Crippen LogP contribution in [0.3, 0.4) is 0 Å². The summed E-state index contributed by atoms with van der Waals surface area (Å²) in [5.41, 5.74) is 0.622. The van der Waals surface area contributed by atoms with Crippen LogP contribution in [-0.4, -0.2) is 47.7 Å². The summed E-state index contributed by atoms with van der Waals surface area (Å²) in [5, 5.41) is 8.75. The maximum Gasteiger partial charge on any atom is 0.306 e. The Morgan fingerprint density at radius 3 is 2.68 bits per heavy atom. The molecule has 1 amide bonds. The molecule has 1 heterocycles. The van der Waals surface area contributed by atoms with Crippen molar-refractivity contribution in [3.05, 3.63) is 33.4 Å². The topological polar surface area (TPSA) is 66.8 Å². The van der Waals surface area contributed by atoms with Gasteiger partial charge in [0.15, 0.2) is 0 Å². The molecule has 1 unspecified atom stereocenters. The highest BCUT2D eigenvalue weighted by Crippen LogP contribution is 2.14. The van der Waals surface area contributed by atoms with Gasteiger partial charge in [-0.3, -0.25) is 9.59 Å². The molecule has 0 aliphatic carbocycles. The van der Waals surface area contributed by atoms with Crippen LogP contribution in [0.2, 0.25) is 0 Å². The van der Waals surface area contributed by atoms with E-state index in [-0.39, 0.29) is 12.3 Å². The van der Waals surface area contributed by atoms with Crippen molar-refractivity contribution in [2.24, 2.45) is 0 Å². The standard InChI is InChI=1S/C13H14INO4/c14-10-3-1-9(2-4-10)13(18)15-5-6-19-11(8-15)7-12(16)17/h1-4,11H,5-8H2,(H,16,17). The Balaban J connectivity index is 2.02. The van der Waals surface area contributed by atoms with Gasteiger partial charge in [0, 0.05) is 22.2 Å². The van der Waals surface area contributed by atoms with Gasteiger partial charge in [-0.2, -0.15) is 0 Å². The van der Waals surface area contributed by atoms with E-state index in [9.17, 15) is 9.59 Å². The van der Waals surface area contributed by atoms with E-state index >= 15 is 0 Å². The molecule has 0 spiro atoms. The van der Waals surface area contributed by atoms with Gasteiger partial charge >= 0.3 is 5.97 Å². The highest BCUT2D eigenvalue weighted by atomic mass is 127. The molecule has 1 saturated heterocycles. The first-order valence-corrected chi connectivity index (χ1v) is 7.02. The summed E-state index contributed by atoms with van der Waals surface area (Å²) in [4.78, 5) is 24.6. The first-order valence-electron chi connectivity index (χ1n) is 5.94. The molecule has 1 aromatic carbocycles. The molecular weight excluding hydrogens is 361 g/mol. The fourth-order valence-electron chi connectivity index (χ4n) is 2.00. The van der Waals surface area contributed by atoms with Crippen molar-refractivity contribution in [2.75, 3.05) is 19.7 Å². The summed E-state index contributed by atoms with van der Waals surface area (Å²) in [6, 6.07) is 7.32. The van der Waals surface area contributed by atoms with Crippen LogP contribution in [0.25, 0.3) is 0 Å². The normalized spacial score (nSPS) is 19.2. The number of rotatable bonds is 3. The number of carboxylic acid groups (broad SMARTS) is 1. The largest absolute Gasteiger partial charge is 0.481 e. The number of halogens is 1. The Hall–Kier alpha value is -1.15. The number of carbonyl (C=O) groups is 2. The zero-order chi connectivity index (χ0) is 13.8. The maximum absolute atomic E-state index is 12.3. The number of ether oxygens (including phenoxy) is 1. The van der Waals surface area contributed by atoms with Gasteiger partial charge in [0.2, 0.25) is 0 Å². The van der Waals surface area contributed by atoms with Gasteiger partial charge in [-0.05, 0) is 46.9 Å².